The average Bonchev–Trinajstić information content (AvgIpc) is 2.67. The molecule has 3 aromatic rings. The third-order valence-corrected chi connectivity index (χ3v) is 4.03. The number of anilines is 3. The molecule has 0 aliphatic carbocycles. The first-order valence-electron chi connectivity index (χ1n) is 8.69. The zero-order chi connectivity index (χ0) is 21.0. The number of aromatic nitrogens is 2. The van der Waals surface area contributed by atoms with E-state index in [9.17, 15) is 14.9 Å². The van der Waals surface area contributed by atoms with Crippen molar-refractivity contribution < 1.29 is 14.5 Å². The summed E-state index contributed by atoms with van der Waals surface area (Å²) in [4.78, 5) is 31.5. The molecule has 0 aliphatic heterocycles. The number of amides is 1. The summed E-state index contributed by atoms with van der Waals surface area (Å²) >= 11 is 0. The normalized spacial score (nSPS) is 10.3. The first kappa shape index (κ1) is 19.7. The Hall–Kier alpha value is -4.01. The zero-order valence-corrected chi connectivity index (χ0v) is 16.1. The standard InChI is InChI=1S/C20H19N5O4/c1-12-10-13(2)22-20(21-12)23-15-6-4-14(5-7-15)19(26)24-17-9-8-16(25(27)28)11-18(17)29-3/h4-11H,1-3H3,(H,24,26)(H,21,22,23). The second kappa shape index (κ2) is 8.34. The molecule has 1 aromatic heterocycles. The molecular formula is C20H19N5O4. The van der Waals surface area contributed by atoms with Crippen molar-refractivity contribution in [3.05, 3.63) is 75.6 Å². The number of nitro groups is 1. The van der Waals surface area contributed by atoms with Gasteiger partial charge in [0.1, 0.15) is 5.75 Å². The zero-order valence-electron chi connectivity index (χ0n) is 16.1. The van der Waals surface area contributed by atoms with Crippen LogP contribution in [0.1, 0.15) is 21.7 Å². The number of methoxy groups -OCH3 is 1. The average molecular weight is 393 g/mol. The number of nitro benzene ring substituents is 1. The highest BCUT2D eigenvalue weighted by molar-refractivity contribution is 6.05. The van der Waals surface area contributed by atoms with Gasteiger partial charge in [0.15, 0.2) is 0 Å². The Morgan fingerprint density at radius 2 is 1.69 bits per heavy atom. The Balaban J connectivity index is 1.73. The van der Waals surface area contributed by atoms with Gasteiger partial charge in [-0.05, 0) is 50.2 Å². The van der Waals surface area contributed by atoms with Crippen LogP contribution in [0, 0.1) is 24.0 Å². The molecule has 0 unspecified atom stereocenters. The number of carbonyl (C=O) groups is 1. The molecule has 2 N–H and O–H groups in total. The minimum atomic E-state index is -0.528. The summed E-state index contributed by atoms with van der Waals surface area (Å²) in [7, 11) is 1.38. The van der Waals surface area contributed by atoms with E-state index in [2.05, 4.69) is 20.6 Å². The molecule has 0 radical (unpaired) electrons. The molecular weight excluding hydrogens is 374 g/mol. The third-order valence-electron chi connectivity index (χ3n) is 4.03. The molecule has 1 heterocycles. The van der Waals surface area contributed by atoms with Crippen LogP contribution >= 0.6 is 0 Å². The summed E-state index contributed by atoms with van der Waals surface area (Å²) in [6, 6.07) is 12.6. The molecule has 0 spiro atoms. The van der Waals surface area contributed by atoms with Crippen molar-refractivity contribution in [3.63, 3.8) is 0 Å². The van der Waals surface area contributed by atoms with Crippen molar-refractivity contribution in [3.8, 4) is 5.75 Å². The van der Waals surface area contributed by atoms with Crippen LogP contribution in [0.25, 0.3) is 0 Å². The van der Waals surface area contributed by atoms with E-state index in [0.717, 1.165) is 17.1 Å². The van der Waals surface area contributed by atoms with Crippen molar-refractivity contribution in [2.45, 2.75) is 13.8 Å². The van der Waals surface area contributed by atoms with Gasteiger partial charge in [0.05, 0.1) is 23.8 Å². The van der Waals surface area contributed by atoms with Gasteiger partial charge < -0.3 is 15.4 Å². The van der Waals surface area contributed by atoms with E-state index in [-0.39, 0.29) is 17.3 Å². The molecule has 0 saturated heterocycles. The van der Waals surface area contributed by atoms with Crippen molar-refractivity contribution >= 4 is 28.9 Å². The number of aryl methyl sites for hydroxylation is 2. The largest absolute Gasteiger partial charge is 0.494 e. The number of benzene rings is 2. The number of hydrogen-bond donors (Lipinski definition) is 2. The molecule has 0 bridgehead atoms. The van der Waals surface area contributed by atoms with E-state index in [1.54, 1.807) is 24.3 Å². The van der Waals surface area contributed by atoms with Crippen molar-refractivity contribution in [2.75, 3.05) is 17.7 Å². The molecule has 9 heteroatoms. The summed E-state index contributed by atoms with van der Waals surface area (Å²) in [6.07, 6.45) is 0. The maximum absolute atomic E-state index is 12.5. The van der Waals surface area contributed by atoms with Crippen LogP contribution in [-0.4, -0.2) is 27.9 Å². The van der Waals surface area contributed by atoms with Gasteiger partial charge in [0.25, 0.3) is 11.6 Å². The van der Waals surface area contributed by atoms with Gasteiger partial charge >= 0.3 is 0 Å². The monoisotopic (exact) mass is 393 g/mol. The Morgan fingerprint density at radius 3 is 2.28 bits per heavy atom. The summed E-state index contributed by atoms with van der Waals surface area (Å²) in [5.41, 5.74) is 3.08. The first-order valence-corrected chi connectivity index (χ1v) is 8.69. The topological polar surface area (TPSA) is 119 Å². The van der Waals surface area contributed by atoms with Crippen molar-refractivity contribution in [2.24, 2.45) is 0 Å². The van der Waals surface area contributed by atoms with E-state index in [1.807, 2.05) is 19.9 Å². The summed E-state index contributed by atoms with van der Waals surface area (Å²) in [6.45, 7) is 3.78. The number of carbonyl (C=O) groups excluding carboxylic acids is 1. The van der Waals surface area contributed by atoms with Gasteiger partial charge in [-0.1, -0.05) is 0 Å². The van der Waals surface area contributed by atoms with Crippen molar-refractivity contribution in [1.82, 2.24) is 9.97 Å². The second-order valence-electron chi connectivity index (χ2n) is 6.27. The Kier molecular flexibility index (Phi) is 5.68. The third kappa shape index (κ3) is 4.83. The number of rotatable bonds is 6. The smallest absolute Gasteiger partial charge is 0.273 e. The fourth-order valence-corrected chi connectivity index (χ4v) is 2.71. The maximum Gasteiger partial charge on any atom is 0.273 e. The summed E-state index contributed by atoms with van der Waals surface area (Å²) in [5, 5.41) is 16.7. The van der Waals surface area contributed by atoms with Crippen molar-refractivity contribution in [1.29, 1.82) is 0 Å². The Morgan fingerprint density at radius 1 is 1.03 bits per heavy atom. The number of nitrogens with one attached hydrogen (secondary N) is 2. The number of nitrogens with zero attached hydrogens (tertiary/aromatic N) is 3. The molecule has 148 valence electrons. The lowest BCUT2D eigenvalue weighted by Gasteiger charge is -2.11. The predicted molar refractivity (Wildman–Crippen MR) is 109 cm³/mol. The van der Waals surface area contributed by atoms with Gasteiger partial charge in [0, 0.05) is 28.7 Å². The fourth-order valence-electron chi connectivity index (χ4n) is 2.71. The highest BCUT2D eigenvalue weighted by atomic mass is 16.6. The fraction of sp³-hybridized carbons (Fsp3) is 0.150. The van der Waals surface area contributed by atoms with Crippen LogP contribution in [0.3, 0.4) is 0 Å². The van der Waals surface area contributed by atoms with Gasteiger partial charge in [0.2, 0.25) is 5.95 Å². The van der Waals surface area contributed by atoms with Crippen LogP contribution in [0.2, 0.25) is 0 Å². The lowest BCUT2D eigenvalue weighted by molar-refractivity contribution is -0.384. The van der Waals surface area contributed by atoms with E-state index in [4.69, 9.17) is 4.74 Å². The van der Waals surface area contributed by atoms with Crippen LogP contribution in [0.4, 0.5) is 23.0 Å². The number of non-ortho nitro benzene ring substituents is 1. The van der Waals surface area contributed by atoms with Gasteiger partial charge in [-0.2, -0.15) is 0 Å². The Labute approximate surface area is 166 Å². The SMILES string of the molecule is COc1cc([N+](=O)[O-])ccc1NC(=O)c1ccc(Nc2nc(C)cc(C)n2)cc1. The second-order valence-corrected chi connectivity index (χ2v) is 6.27. The maximum atomic E-state index is 12.5. The van der Waals surface area contributed by atoms with E-state index in [0.29, 0.717) is 17.2 Å². The minimum Gasteiger partial charge on any atom is -0.494 e. The lowest BCUT2D eigenvalue weighted by Crippen LogP contribution is -2.12. The molecule has 3 rings (SSSR count). The highest BCUT2D eigenvalue weighted by Crippen LogP contribution is 2.29. The van der Waals surface area contributed by atoms with Crippen LogP contribution in [0.15, 0.2) is 48.5 Å². The minimum absolute atomic E-state index is 0.121. The van der Waals surface area contributed by atoms with Gasteiger partial charge in [-0.15, -0.1) is 0 Å². The van der Waals surface area contributed by atoms with Crippen LogP contribution in [-0.2, 0) is 0 Å². The molecule has 29 heavy (non-hydrogen) atoms. The highest BCUT2D eigenvalue weighted by Gasteiger charge is 2.14. The lowest BCUT2D eigenvalue weighted by atomic mass is 10.2. The van der Waals surface area contributed by atoms with Gasteiger partial charge in [-0.25, -0.2) is 9.97 Å². The Bertz CT molecular complexity index is 1050. The predicted octanol–water partition coefficient (Wildman–Crippen LogP) is 4.01. The molecule has 0 fully saturated rings. The van der Waals surface area contributed by atoms with Crippen LogP contribution < -0.4 is 15.4 Å². The van der Waals surface area contributed by atoms with E-state index >= 15 is 0 Å². The number of ether oxygens (including phenoxy) is 1. The molecule has 9 nitrogen and oxygen atoms in total. The van der Waals surface area contributed by atoms with Crippen LogP contribution in [0.5, 0.6) is 5.75 Å². The first-order chi connectivity index (χ1) is 13.9. The summed E-state index contributed by atoms with van der Waals surface area (Å²) in [5.74, 6) is 0.319. The van der Waals surface area contributed by atoms with Gasteiger partial charge in [-0.3, -0.25) is 14.9 Å². The number of hydrogen-bond acceptors (Lipinski definition) is 7. The molecule has 0 saturated carbocycles. The molecule has 0 aliphatic rings. The quantitative estimate of drug-likeness (QED) is 0.480. The summed E-state index contributed by atoms with van der Waals surface area (Å²) < 4.78 is 5.13. The molecule has 1 amide bonds. The molecule has 2 aromatic carbocycles. The van der Waals surface area contributed by atoms with E-state index in [1.165, 1.54) is 25.3 Å². The molecule has 0 atom stereocenters. The van der Waals surface area contributed by atoms with E-state index < -0.39 is 4.92 Å².